The van der Waals surface area contributed by atoms with Crippen LogP contribution < -0.4 is 15.8 Å². The number of piperidine rings is 1. The van der Waals surface area contributed by atoms with Gasteiger partial charge in [-0.3, -0.25) is 4.79 Å². The van der Waals surface area contributed by atoms with Gasteiger partial charge in [-0.25, -0.2) is 9.97 Å². The van der Waals surface area contributed by atoms with Gasteiger partial charge in [-0.15, -0.1) is 10.2 Å². The highest BCUT2D eigenvalue weighted by Crippen LogP contribution is 2.33. The number of nitrogens with zero attached hydrogens (tertiary/aromatic N) is 6. The Hall–Kier alpha value is -3.33. The van der Waals surface area contributed by atoms with Crippen molar-refractivity contribution in [2.45, 2.75) is 57.7 Å². The molecule has 1 aliphatic rings. The molecule has 33 heavy (non-hydrogen) atoms. The maximum absolute atomic E-state index is 11.9. The van der Waals surface area contributed by atoms with Crippen molar-refractivity contribution in [2.24, 2.45) is 7.05 Å². The van der Waals surface area contributed by atoms with Crippen LogP contribution in [0.15, 0.2) is 41.6 Å². The van der Waals surface area contributed by atoms with E-state index in [1.165, 1.54) is 17.0 Å². The minimum atomic E-state index is -0.168. The average Bonchev–Trinajstić information content (AvgIpc) is 2.73. The molecule has 174 valence electrons. The fraction of sp³-hybridized carbons (Fsp3) is 0.458. The van der Waals surface area contributed by atoms with E-state index in [0.717, 1.165) is 12.8 Å². The summed E-state index contributed by atoms with van der Waals surface area (Å²) in [5.41, 5.74) is 1.98. The van der Waals surface area contributed by atoms with Crippen LogP contribution in [0.5, 0.6) is 5.75 Å². The number of aromatic nitrogens is 5. The Morgan fingerprint density at radius 3 is 2.33 bits per heavy atom. The van der Waals surface area contributed by atoms with Gasteiger partial charge in [0.05, 0.1) is 18.2 Å². The van der Waals surface area contributed by atoms with E-state index < -0.39 is 0 Å². The SMILES string of the molecule is CN(c1ncc(-c2ccc(-c3cc(=O)n(C)cn3)cc2O)nn1)C1CC(C)(C)NC(C)(C)C1. The van der Waals surface area contributed by atoms with Crippen molar-refractivity contribution < 1.29 is 5.11 Å². The second-order valence-corrected chi connectivity index (χ2v) is 10.2. The first-order valence-corrected chi connectivity index (χ1v) is 11.0. The van der Waals surface area contributed by atoms with Crippen molar-refractivity contribution in [3.63, 3.8) is 0 Å². The number of aromatic hydroxyl groups is 1. The van der Waals surface area contributed by atoms with Gasteiger partial charge in [0.2, 0.25) is 5.95 Å². The quantitative estimate of drug-likeness (QED) is 0.626. The normalized spacial score (nSPS) is 17.6. The van der Waals surface area contributed by atoms with Crippen LogP contribution in [-0.2, 0) is 7.05 Å². The maximum Gasteiger partial charge on any atom is 0.253 e. The highest BCUT2D eigenvalue weighted by atomic mass is 16.3. The van der Waals surface area contributed by atoms with E-state index in [1.807, 2.05) is 7.05 Å². The summed E-state index contributed by atoms with van der Waals surface area (Å²) in [5, 5.41) is 23.0. The third-order valence-corrected chi connectivity index (χ3v) is 6.13. The molecule has 1 saturated heterocycles. The molecule has 0 radical (unpaired) electrons. The van der Waals surface area contributed by atoms with Crippen LogP contribution in [0, 0.1) is 0 Å². The van der Waals surface area contributed by atoms with E-state index in [1.54, 1.807) is 31.4 Å². The van der Waals surface area contributed by atoms with E-state index in [-0.39, 0.29) is 28.4 Å². The number of hydrogen-bond acceptors (Lipinski definition) is 8. The van der Waals surface area contributed by atoms with Crippen LogP contribution >= 0.6 is 0 Å². The lowest BCUT2D eigenvalue weighted by Crippen LogP contribution is -2.62. The monoisotopic (exact) mass is 449 g/mol. The van der Waals surface area contributed by atoms with E-state index in [9.17, 15) is 9.90 Å². The fourth-order valence-corrected chi connectivity index (χ4v) is 4.79. The first-order valence-electron chi connectivity index (χ1n) is 11.0. The number of hydrogen-bond donors (Lipinski definition) is 2. The van der Waals surface area contributed by atoms with Crippen LogP contribution in [0.25, 0.3) is 22.5 Å². The maximum atomic E-state index is 11.9. The molecular formula is C24H31N7O2. The number of aryl methyl sites for hydroxylation is 1. The van der Waals surface area contributed by atoms with Gasteiger partial charge in [-0.05, 0) is 52.7 Å². The Morgan fingerprint density at radius 2 is 1.76 bits per heavy atom. The third-order valence-electron chi connectivity index (χ3n) is 6.13. The van der Waals surface area contributed by atoms with E-state index in [2.05, 4.69) is 58.1 Å². The van der Waals surface area contributed by atoms with Gasteiger partial charge in [-0.2, -0.15) is 0 Å². The topological polar surface area (TPSA) is 109 Å². The van der Waals surface area contributed by atoms with Crippen LogP contribution in [0.2, 0.25) is 0 Å². The van der Waals surface area contributed by atoms with Gasteiger partial charge < -0.3 is 19.9 Å². The molecule has 1 aromatic carbocycles. The van der Waals surface area contributed by atoms with Crippen molar-refractivity contribution >= 4 is 5.95 Å². The Labute approximate surface area is 193 Å². The average molecular weight is 450 g/mol. The standard InChI is InChI=1S/C24H31N7O2/c1-23(2)11-16(12-24(3,4)29-23)31(6)22-25-13-19(27-28-22)17-8-7-15(9-20(17)32)18-10-21(33)30(5)14-26-18/h7-10,13-14,16,29,32H,11-12H2,1-6H3. The predicted molar refractivity (Wildman–Crippen MR) is 128 cm³/mol. The lowest BCUT2D eigenvalue weighted by molar-refractivity contribution is 0.160. The number of rotatable bonds is 4. The molecule has 1 aliphatic heterocycles. The molecule has 3 aromatic rings. The van der Waals surface area contributed by atoms with Crippen LogP contribution in [0.4, 0.5) is 5.95 Å². The number of phenolic OH excluding ortho intramolecular Hbond substituents is 1. The van der Waals surface area contributed by atoms with E-state index in [0.29, 0.717) is 28.5 Å². The molecule has 0 unspecified atom stereocenters. The van der Waals surface area contributed by atoms with Crippen molar-refractivity contribution in [2.75, 3.05) is 11.9 Å². The molecule has 0 spiro atoms. The minimum Gasteiger partial charge on any atom is -0.507 e. The van der Waals surface area contributed by atoms with Gasteiger partial charge in [0.1, 0.15) is 11.4 Å². The zero-order valence-electron chi connectivity index (χ0n) is 20.0. The molecule has 0 bridgehead atoms. The lowest BCUT2D eigenvalue weighted by atomic mass is 9.79. The van der Waals surface area contributed by atoms with Gasteiger partial charge in [0, 0.05) is 48.4 Å². The van der Waals surface area contributed by atoms with E-state index >= 15 is 0 Å². The van der Waals surface area contributed by atoms with E-state index in [4.69, 9.17) is 0 Å². The molecule has 4 rings (SSSR count). The highest BCUT2D eigenvalue weighted by molar-refractivity contribution is 5.72. The summed E-state index contributed by atoms with van der Waals surface area (Å²) in [7, 11) is 3.64. The van der Waals surface area contributed by atoms with Crippen molar-refractivity contribution in [3.8, 4) is 28.3 Å². The first kappa shape index (κ1) is 22.8. The smallest absolute Gasteiger partial charge is 0.253 e. The second-order valence-electron chi connectivity index (χ2n) is 10.2. The van der Waals surface area contributed by atoms with Crippen molar-refractivity contribution in [3.05, 3.63) is 47.1 Å². The summed E-state index contributed by atoms with van der Waals surface area (Å²) in [6.45, 7) is 8.86. The molecular weight excluding hydrogens is 418 g/mol. The Kier molecular flexibility index (Phi) is 5.69. The largest absolute Gasteiger partial charge is 0.507 e. The number of nitrogens with one attached hydrogen (secondary N) is 1. The fourth-order valence-electron chi connectivity index (χ4n) is 4.79. The molecule has 0 saturated carbocycles. The Balaban J connectivity index is 1.55. The summed E-state index contributed by atoms with van der Waals surface area (Å²) in [6, 6.07) is 6.80. The zero-order valence-corrected chi connectivity index (χ0v) is 20.0. The van der Waals surface area contributed by atoms with Gasteiger partial charge in [0.15, 0.2) is 0 Å². The summed E-state index contributed by atoms with van der Waals surface area (Å²) >= 11 is 0. The molecule has 9 nitrogen and oxygen atoms in total. The zero-order chi connectivity index (χ0) is 24.0. The molecule has 0 amide bonds. The molecule has 1 fully saturated rings. The number of benzene rings is 1. The summed E-state index contributed by atoms with van der Waals surface area (Å²) in [6.07, 6.45) is 5.02. The summed E-state index contributed by atoms with van der Waals surface area (Å²) in [4.78, 5) is 22.8. The van der Waals surface area contributed by atoms with Crippen LogP contribution in [0.3, 0.4) is 0 Å². The highest BCUT2D eigenvalue weighted by Gasteiger charge is 2.39. The molecule has 0 aliphatic carbocycles. The Bertz CT molecular complexity index is 1200. The molecule has 2 N–H and O–H groups in total. The summed E-state index contributed by atoms with van der Waals surface area (Å²) < 4.78 is 1.39. The predicted octanol–water partition coefficient (Wildman–Crippen LogP) is 2.75. The van der Waals surface area contributed by atoms with Crippen LogP contribution in [0.1, 0.15) is 40.5 Å². The number of phenols is 1. The van der Waals surface area contributed by atoms with Gasteiger partial charge in [0.25, 0.3) is 5.56 Å². The summed E-state index contributed by atoms with van der Waals surface area (Å²) in [5.74, 6) is 0.576. The van der Waals surface area contributed by atoms with Crippen molar-refractivity contribution in [1.82, 2.24) is 30.0 Å². The minimum absolute atomic E-state index is 0.0133. The number of anilines is 1. The second kappa shape index (κ2) is 8.22. The van der Waals surface area contributed by atoms with Crippen molar-refractivity contribution in [1.29, 1.82) is 0 Å². The van der Waals surface area contributed by atoms with Gasteiger partial charge in [-0.1, -0.05) is 6.07 Å². The third kappa shape index (κ3) is 4.88. The molecule has 9 heteroatoms. The molecule has 3 heterocycles. The Morgan fingerprint density at radius 1 is 1.06 bits per heavy atom. The van der Waals surface area contributed by atoms with Gasteiger partial charge >= 0.3 is 0 Å². The molecule has 2 aromatic heterocycles. The lowest BCUT2D eigenvalue weighted by Gasteiger charge is -2.48. The van der Waals surface area contributed by atoms with Crippen LogP contribution in [-0.4, -0.2) is 54.0 Å². The first-order chi connectivity index (χ1) is 15.4. The molecule has 0 atom stereocenters.